The Balaban J connectivity index is 1.93. The molecule has 2 unspecified atom stereocenters. The standard InChI is InChI=1S/C11H16N4O4/c16-7-2-8(13-4-7)10(17)15-9(11(18)19)1-6-3-12-5-14-6/h3,5,7-9,13,16H,1-2,4H2,(H,12,14)(H,15,17)(H,18,19)/t7?,8?,9-/m0/s1. The Hall–Kier alpha value is -1.93. The molecule has 1 fully saturated rings. The minimum Gasteiger partial charge on any atom is -0.480 e. The van der Waals surface area contributed by atoms with Gasteiger partial charge in [-0.15, -0.1) is 0 Å². The number of aliphatic carboxylic acids is 1. The summed E-state index contributed by atoms with van der Waals surface area (Å²) < 4.78 is 0. The van der Waals surface area contributed by atoms with E-state index in [-0.39, 0.29) is 6.42 Å². The van der Waals surface area contributed by atoms with Gasteiger partial charge < -0.3 is 25.8 Å². The van der Waals surface area contributed by atoms with Gasteiger partial charge in [0.05, 0.1) is 18.5 Å². The summed E-state index contributed by atoms with van der Waals surface area (Å²) in [6, 6.07) is -1.56. The number of nitrogens with zero attached hydrogens (tertiary/aromatic N) is 1. The van der Waals surface area contributed by atoms with E-state index < -0.39 is 30.1 Å². The average molecular weight is 268 g/mol. The summed E-state index contributed by atoms with van der Waals surface area (Å²) in [4.78, 5) is 29.6. The molecule has 3 atom stereocenters. The lowest BCUT2D eigenvalue weighted by atomic mass is 10.1. The summed E-state index contributed by atoms with van der Waals surface area (Å²) in [6.07, 6.45) is 2.83. The number of carboxylic acids is 1. The van der Waals surface area contributed by atoms with Gasteiger partial charge in [0.1, 0.15) is 6.04 Å². The molecule has 1 aromatic rings. The number of imidazole rings is 1. The monoisotopic (exact) mass is 268 g/mol. The summed E-state index contributed by atoms with van der Waals surface area (Å²) >= 11 is 0. The average Bonchev–Trinajstić information content (AvgIpc) is 2.99. The number of carbonyl (C=O) groups excluding carboxylic acids is 1. The fourth-order valence-electron chi connectivity index (χ4n) is 2.01. The SMILES string of the molecule is O=C(N[C@@H](Cc1cnc[nH]1)C(=O)O)C1CC(O)CN1. The number of aromatic amines is 1. The maximum atomic E-state index is 11.9. The molecule has 1 amide bonds. The highest BCUT2D eigenvalue weighted by atomic mass is 16.4. The predicted octanol–water partition coefficient (Wildman–Crippen LogP) is -1.76. The van der Waals surface area contributed by atoms with E-state index in [0.717, 1.165) is 0 Å². The predicted molar refractivity (Wildman–Crippen MR) is 64.3 cm³/mol. The van der Waals surface area contributed by atoms with Gasteiger partial charge in [0.15, 0.2) is 0 Å². The molecule has 0 aromatic carbocycles. The van der Waals surface area contributed by atoms with Crippen molar-refractivity contribution in [2.75, 3.05) is 6.54 Å². The third kappa shape index (κ3) is 3.52. The van der Waals surface area contributed by atoms with E-state index in [2.05, 4.69) is 20.6 Å². The summed E-state index contributed by atoms with van der Waals surface area (Å²) in [5.74, 6) is -1.52. The maximum absolute atomic E-state index is 11.9. The van der Waals surface area contributed by atoms with Crippen LogP contribution in [0.4, 0.5) is 0 Å². The Morgan fingerprint density at radius 3 is 2.89 bits per heavy atom. The molecule has 0 spiro atoms. The Morgan fingerprint density at radius 1 is 1.58 bits per heavy atom. The van der Waals surface area contributed by atoms with Gasteiger partial charge >= 0.3 is 5.97 Å². The van der Waals surface area contributed by atoms with Crippen molar-refractivity contribution < 1.29 is 19.8 Å². The van der Waals surface area contributed by atoms with Gasteiger partial charge in [-0.2, -0.15) is 0 Å². The lowest BCUT2D eigenvalue weighted by Gasteiger charge is -2.16. The third-order valence-electron chi connectivity index (χ3n) is 3.02. The van der Waals surface area contributed by atoms with Gasteiger partial charge in [0, 0.05) is 24.9 Å². The maximum Gasteiger partial charge on any atom is 0.326 e. The molecule has 0 bridgehead atoms. The van der Waals surface area contributed by atoms with Gasteiger partial charge in [-0.25, -0.2) is 9.78 Å². The number of aromatic nitrogens is 2. The van der Waals surface area contributed by atoms with E-state index in [1.165, 1.54) is 12.5 Å². The second kappa shape index (κ2) is 5.81. The number of H-pyrrole nitrogens is 1. The Labute approximate surface area is 109 Å². The molecule has 0 aliphatic carbocycles. The molecular formula is C11H16N4O4. The first-order chi connectivity index (χ1) is 9.06. The van der Waals surface area contributed by atoms with Gasteiger partial charge in [0.25, 0.3) is 0 Å². The van der Waals surface area contributed by atoms with Crippen LogP contribution in [0.25, 0.3) is 0 Å². The number of nitrogens with one attached hydrogen (secondary N) is 3. The molecule has 2 heterocycles. The van der Waals surface area contributed by atoms with Crippen LogP contribution < -0.4 is 10.6 Å². The van der Waals surface area contributed by atoms with E-state index in [9.17, 15) is 14.7 Å². The molecule has 1 aliphatic heterocycles. The number of aliphatic hydroxyl groups is 1. The van der Waals surface area contributed by atoms with Crippen LogP contribution in [0.2, 0.25) is 0 Å². The summed E-state index contributed by atoms with van der Waals surface area (Å²) in [7, 11) is 0. The molecule has 19 heavy (non-hydrogen) atoms. The van der Waals surface area contributed by atoms with Crippen LogP contribution >= 0.6 is 0 Å². The largest absolute Gasteiger partial charge is 0.480 e. The van der Waals surface area contributed by atoms with E-state index in [4.69, 9.17) is 5.11 Å². The third-order valence-corrected chi connectivity index (χ3v) is 3.02. The number of amides is 1. The normalized spacial score (nSPS) is 24.1. The van der Waals surface area contributed by atoms with Crippen molar-refractivity contribution in [2.24, 2.45) is 0 Å². The van der Waals surface area contributed by atoms with Crippen LogP contribution in [0, 0.1) is 0 Å². The minimum absolute atomic E-state index is 0.135. The van der Waals surface area contributed by atoms with Crippen LogP contribution in [-0.2, 0) is 16.0 Å². The van der Waals surface area contributed by atoms with Crippen molar-refractivity contribution in [1.82, 2.24) is 20.6 Å². The van der Waals surface area contributed by atoms with Crippen molar-refractivity contribution in [3.05, 3.63) is 18.2 Å². The lowest BCUT2D eigenvalue weighted by Crippen LogP contribution is -2.49. The molecule has 1 aliphatic rings. The zero-order valence-corrected chi connectivity index (χ0v) is 10.2. The number of hydrogen-bond acceptors (Lipinski definition) is 5. The molecule has 2 rings (SSSR count). The number of β-amino-alcohol motifs (C(OH)–C–C–N with tert-alkyl or cyclic N) is 1. The van der Waals surface area contributed by atoms with Crippen LogP contribution in [0.15, 0.2) is 12.5 Å². The molecule has 8 nitrogen and oxygen atoms in total. The molecule has 1 saturated heterocycles. The molecule has 104 valence electrons. The first-order valence-electron chi connectivity index (χ1n) is 5.98. The topological polar surface area (TPSA) is 127 Å². The van der Waals surface area contributed by atoms with Crippen molar-refractivity contribution in [2.45, 2.75) is 31.0 Å². The number of carbonyl (C=O) groups is 2. The zero-order chi connectivity index (χ0) is 13.8. The highest BCUT2D eigenvalue weighted by molar-refractivity contribution is 5.87. The van der Waals surface area contributed by atoms with Crippen LogP contribution in [0.3, 0.4) is 0 Å². The smallest absolute Gasteiger partial charge is 0.326 e. The van der Waals surface area contributed by atoms with E-state index in [1.807, 2.05) is 0 Å². The number of carboxylic acid groups (broad SMARTS) is 1. The van der Waals surface area contributed by atoms with E-state index in [0.29, 0.717) is 18.7 Å². The zero-order valence-electron chi connectivity index (χ0n) is 10.2. The van der Waals surface area contributed by atoms with Crippen molar-refractivity contribution >= 4 is 11.9 Å². The summed E-state index contributed by atoms with van der Waals surface area (Å²) in [6.45, 7) is 0.344. The fraction of sp³-hybridized carbons (Fsp3) is 0.545. The molecule has 5 N–H and O–H groups in total. The summed E-state index contributed by atoms with van der Waals surface area (Å²) in [5.41, 5.74) is 0.632. The van der Waals surface area contributed by atoms with Crippen LogP contribution in [0.1, 0.15) is 12.1 Å². The molecule has 0 radical (unpaired) electrons. The van der Waals surface area contributed by atoms with Gasteiger partial charge in [-0.1, -0.05) is 0 Å². The number of hydrogen-bond donors (Lipinski definition) is 5. The second-order valence-electron chi connectivity index (χ2n) is 4.53. The Kier molecular flexibility index (Phi) is 4.13. The number of aliphatic hydroxyl groups excluding tert-OH is 1. The first kappa shape index (κ1) is 13.5. The number of rotatable bonds is 5. The van der Waals surface area contributed by atoms with Gasteiger partial charge in [-0.05, 0) is 6.42 Å². The van der Waals surface area contributed by atoms with E-state index in [1.54, 1.807) is 0 Å². The first-order valence-corrected chi connectivity index (χ1v) is 5.98. The summed E-state index contributed by atoms with van der Waals surface area (Å²) in [5, 5.41) is 23.7. The van der Waals surface area contributed by atoms with E-state index >= 15 is 0 Å². The highest BCUT2D eigenvalue weighted by Crippen LogP contribution is 2.07. The Morgan fingerprint density at radius 2 is 2.37 bits per heavy atom. The van der Waals surface area contributed by atoms with Crippen molar-refractivity contribution in [1.29, 1.82) is 0 Å². The molecule has 1 aromatic heterocycles. The fourth-order valence-corrected chi connectivity index (χ4v) is 2.01. The molecular weight excluding hydrogens is 252 g/mol. The highest BCUT2D eigenvalue weighted by Gasteiger charge is 2.31. The quantitative estimate of drug-likeness (QED) is 0.430. The van der Waals surface area contributed by atoms with Crippen LogP contribution in [-0.4, -0.2) is 56.8 Å². The van der Waals surface area contributed by atoms with Crippen molar-refractivity contribution in [3.8, 4) is 0 Å². The van der Waals surface area contributed by atoms with Gasteiger partial charge in [-0.3, -0.25) is 4.79 Å². The molecule has 0 saturated carbocycles. The second-order valence-corrected chi connectivity index (χ2v) is 4.53. The minimum atomic E-state index is -1.11. The van der Waals surface area contributed by atoms with Gasteiger partial charge in [0.2, 0.25) is 5.91 Å². The lowest BCUT2D eigenvalue weighted by molar-refractivity contribution is -0.142. The van der Waals surface area contributed by atoms with Crippen molar-refractivity contribution in [3.63, 3.8) is 0 Å². The van der Waals surface area contributed by atoms with Crippen LogP contribution in [0.5, 0.6) is 0 Å². The molecule has 8 heteroatoms. The Bertz CT molecular complexity index is 448.